The predicted octanol–water partition coefficient (Wildman–Crippen LogP) is 5.70. The van der Waals surface area contributed by atoms with Crippen LogP contribution in [0.4, 0.5) is 5.69 Å². The van der Waals surface area contributed by atoms with Crippen LogP contribution in [0.2, 0.25) is 0 Å². The van der Waals surface area contributed by atoms with Gasteiger partial charge < -0.3 is 5.73 Å². The van der Waals surface area contributed by atoms with Crippen molar-refractivity contribution >= 4 is 27.5 Å². The quantitative estimate of drug-likeness (QED) is 0.329. The van der Waals surface area contributed by atoms with E-state index in [1.54, 1.807) is 0 Å². The van der Waals surface area contributed by atoms with Crippen molar-refractivity contribution in [2.45, 2.75) is 0 Å². The van der Waals surface area contributed by atoms with Crippen molar-refractivity contribution in [2.75, 3.05) is 5.73 Å². The summed E-state index contributed by atoms with van der Waals surface area (Å²) in [5.41, 5.74) is 12.8. The number of aromatic nitrogens is 2. The molecule has 0 radical (unpaired) electrons. The van der Waals surface area contributed by atoms with Crippen molar-refractivity contribution in [3.8, 4) is 22.4 Å². The Bertz CT molecular complexity index is 1260. The summed E-state index contributed by atoms with van der Waals surface area (Å²) in [5, 5.41) is 2.25. The average molecular weight is 347 g/mol. The monoisotopic (exact) mass is 347 g/mol. The molecule has 0 atom stereocenters. The van der Waals surface area contributed by atoms with Crippen LogP contribution in [-0.4, -0.2) is 9.97 Å². The number of nitrogens with two attached hydrogens (primary N) is 1. The zero-order chi connectivity index (χ0) is 18.2. The van der Waals surface area contributed by atoms with Gasteiger partial charge in [-0.05, 0) is 47.5 Å². The third-order valence-electron chi connectivity index (χ3n) is 4.85. The summed E-state index contributed by atoms with van der Waals surface area (Å²) in [5.74, 6) is 0. The van der Waals surface area contributed by atoms with Crippen LogP contribution in [0.3, 0.4) is 0 Å². The lowest BCUT2D eigenvalue weighted by atomic mass is 9.96. The summed E-state index contributed by atoms with van der Waals surface area (Å²) in [7, 11) is 0. The van der Waals surface area contributed by atoms with E-state index < -0.39 is 0 Å². The molecule has 0 aliphatic rings. The Balaban J connectivity index is 1.88. The van der Waals surface area contributed by atoms with Crippen molar-refractivity contribution < 1.29 is 0 Å². The SMILES string of the molecule is Nc1ccc(-c2cc(-c3ccccc3)c3c(ccc4ncccc43)n2)cc1. The molecule has 0 saturated heterocycles. The van der Waals surface area contributed by atoms with Gasteiger partial charge in [0.15, 0.2) is 0 Å². The van der Waals surface area contributed by atoms with Crippen molar-refractivity contribution in [3.05, 3.63) is 91.1 Å². The average Bonchev–Trinajstić information content (AvgIpc) is 2.74. The Morgan fingerprint density at radius 2 is 1.44 bits per heavy atom. The predicted molar refractivity (Wildman–Crippen MR) is 112 cm³/mol. The van der Waals surface area contributed by atoms with Crippen molar-refractivity contribution in [3.63, 3.8) is 0 Å². The minimum Gasteiger partial charge on any atom is -0.399 e. The Labute approximate surface area is 157 Å². The highest BCUT2D eigenvalue weighted by molar-refractivity contribution is 6.12. The lowest BCUT2D eigenvalue weighted by molar-refractivity contribution is 1.38. The largest absolute Gasteiger partial charge is 0.399 e. The molecule has 0 unspecified atom stereocenters. The number of fused-ring (bicyclic) bond motifs is 3. The number of nitrogen functional groups attached to an aromatic ring is 1. The fourth-order valence-electron chi connectivity index (χ4n) is 3.54. The summed E-state index contributed by atoms with van der Waals surface area (Å²) < 4.78 is 0. The van der Waals surface area contributed by atoms with E-state index in [0.717, 1.165) is 49.9 Å². The summed E-state index contributed by atoms with van der Waals surface area (Å²) in [6, 6.07) is 28.6. The van der Waals surface area contributed by atoms with E-state index in [4.69, 9.17) is 10.7 Å². The molecule has 0 amide bonds. The van der Waals surface area contributed by atoms with E-state index >= 15 is 0 Å². The Hall–Kier alpha value is -3.72. The molecule has 3 heteroatoms. The maximum atomic E-state index is 5.85. The molecule has 0 aliphatic heterocycles. The molecule has 27 heavy (non-hydrogen) atoms. The highest BCUT2D eigenvalue weighted by atomic mass is 14.7. The molecule has 0 bridgehead atoms. The lowest BCUT2D eigenvalue weighted by Gasteiger charge is -2.12. The first-order chi connectivity index (χ1) is 13.3. The number of nitrogens with zero attached hydrogens (tertiary/aromatic N) is 2. The molecule has 5 aromatic rings. The number of rotatable bonds is 2. The molecular weight excluding hydrogens is 330 g/mol. The van der Waals surface area contributed by atoms with Crippen LogP contribution in [0.1, 0.15) is 0 Å². The van der Waals surface area contributed by atoms with Crippen molar-refractivity contribution in [2.24, 2.45) is 0 Å². The van der Waals surface area contributed by atoms with Crippen LogP contribution in [0.25, 0.3) is 44.2 Å². The first-order valence-corrected chi connectivity index (χ1v) is 8.89. The van der Waals surface area contributed by atoms with E-state index in [2.05, 4.69) is 47.4 Å². The molecule has 0 saturated carbocycles. The van der Waals surface area contributed by atoms with Crippen LogP contribution in [0.5, 0.6) is 0 Å². The minimum atomic E-state index is 0.750. The molecule has 3 aromatic carbocycles. The van der Waals surface area contributed by atoms with Crippen LogP contribution < -0.4 is 5.73 Å². The molecule has 0 aliphatic carbocycles. The second-order valence-corrected chi connectivity index (χ2v) is 6.57. The second kappa shape index (κ2) is 6.22. The minimum absolute atomic E-state index is 0.750. The zero-order valence-corrected chi connectivity index (χ0v) is 14.6. The number of benzene rings is 3. The Kier molecular flexibility index (Phi) is 3.58. The van der Waals surface area contributed by atoms with Crippen LogP contribution >= 0.6 is 0 Å². The summed E-state index contributed by atoms with van der Waals surface area (Å²) in [6.07, 6.45) is 1.83. The number of anilines is 1. The van der Waals surface area contributed by atoms with Gasteiger partial charge in [0, 0.05) is 28.2 Å². The van der Waals surface area contributed by atoms with Gasteiger partial charge in [-0.2, -0.15) is 0 Å². The van der Waals surface area contributed by atoms with E-state index in [9.17, 15) is 0 Å². The standard InChI is InChI=1S/C24H17N3/c25-18-10-8-17(9-11-18)23-15-20(16-5-2-1-3-6-16)24-19-7-4-14-26-21(19)12-13-22(24)27-23/h1-15H,25H2. The summed E-state index contributed by atoms with van der Waals surface area (Å²) in [6.45, 7) is 0. The van der Waals surface area contributed by atoms with Gasteiger partial charge in [0.2, 0.25) is 0 Å². The highest BCUT2D eigenvalue weighted by Crippen LogP contribution is 2.36. The topological polar surface area (TPSA) is 51.8 Å². The van der Waals surface area contributed by atoms with Gasteiger partial charge >= 0.3 is 0 Å². The molecule has 2 aromatic heterocycles. The number of pyridine rings is 2. The summed E-state index contributed by atoms with van der Waals surface area (Å²) >= 11 is 0. The van der Waals surface area contributed by atoms with Gasteiger partial charge in [-0.25, -0.2) is 4.98 Å². The maximum absolute atomic E-state index is 5.85. The van der Waals surface area contributed by atoms with Crippen molar-refractivity contribution in [1.82, 2.24) is 9.97 Å². The van der Waals surface area contributed by atoms with Crippen LogP contribution in [0.15, 0.2) is 91.1 Å². The molecule has 2 N–H and O–H groups in total. The maximum Gasteiger partial charge on any atom is 0.0723 e. The normalized spacial score (nSPS) is 11.1. The molecule has 5 rings (SSSR count). The third-order valence-corrected chi connectivity index (χ3v) is 4.85. The summed E-state index contributed by atoms with van der Waals surface area (Å²) in [4.78, 5) is 9.46. The molecule has 0 spiro atoms. The molecular formula is C24H17N3. The van der Waals surface area contributed by atoms with Crippen LogP contribution in [0, 0.1) is 0 Å². The lowest BCUT2D eigenvalue weighted by Crippen LogP contribution is -1.92. The second-order valence-electron chi connectivity index (χ2n) is 6.57. The van der Waals surface area contributed by atoms with Crippen molar-refractivity contribution in [1.29, 1.82) is 0 Å². The number of hydrogen-bond donors (Lipinski definition) is 1. The van der Waals surface area contributed by atoms with Gasteiger partial charge in [0.25, 0.3) is 0 Å². The number of hydrogen-bond acceptors (Lipinski definition) is 3. The van der Waals surface area contributed by atoms with Gasteiger partial charge in [-0.1, -0.05) is 48.5 Å². The fraction of sp³-hybridized carbons (Fsp3) is 0. The van der Waals surface area contributed by atoms with Crippen LogP contribution in [-0.2, 0) is 0 Å². The van der Waals surface area contributed by atoms with E-state index in [-0.39, 0.29) is 0 Å². The van der Waals surface area contributed by atoms with E-state index in [0.29, 0.717) is 0 Å². The van der Waals surface area contributed by atoms with Gasteiger partial charge in [0.1, 0.15) is 0 Å². The molecule has 0 fully saturated rings. The Morgan fingerprint density at radius 3 is 2.26 bits per heavy atom. The van der Waals surface area contributed by atoms with Gasteiger partial charge in [0.05, 0.1) is 16.7 Å². The smallest absolute Gasteiger partial charge is 0.0723 e. The van der Waals surface area contributed by atoms with E-state index in [1.165, 1.54) is 0 Å². The van der Waals surface area contributed by atoms with E-state index in [1.807, 2.05) is 48.7 Å². The first-order valence-electron chi connectivity index (χ1n) is 8.89. The zero-order valence-electron chi connectivity index (χ0n) is 14.6. The fourth-order valence-corrected chi connectivity index (χ4v) is 3.54. The highest BCUT2D eigenvalue weighted by Gasteiger charge is 2.12. The van der Waals surface area contributed by atoms with Gasteiger partial charge in [-0.3, -0.25) is 4.98 Å². The molecule has 2 heterocycles. The Morgan fingerprint density at radius 1 is 0.667 bits per heavy atom. The molecule has 3 nitrogen and oxygen atoms in total. The third kappa shape index (κ3) is 2.70. The first kappa shape index (κ1) is 15.5. The van der Waals surface area contributed by atoms with Gasteiger partial charge in [-0.15, -0.1) is 0 Å². The molecule has 128 valence electrons.